The van der Waals surface area contributed by atoms with E-state index in [0.717, 1.165) is 31.2 Å². The van der Waals surface area contributed by atoms with E-state index in [4.69, 9.17) is 0 Å². The molecule has 27 heavy (non-hydrogen) atoms. The number of piperidine rings is 1. The number of nitrogens with zero attached hydrogens (tertiary/aromatic N) is 1. The summed E-state index contributed by atoms with van der Waals surface area (Å²) in [6, 6.07) is 7.61. The van der Waals surface area contributed by atoms with E-state index in [-0.39, 0.29) is 42.4 Å². The fraction of sp³-hybridized carbons (Fsp3) is 0.591. The smallest absolute Gasteiger partial charge is 0.223 e. The van der Waals surface area contributed by atoms with E-state index in [9.17, 15) is 14.4 Å². The van der Waals surface area contributed by atoms with Gasteiger partial charge in [-0.05, 0) is 32.6 Å². The van der Waals surface area contributed by atoms with Gasteiger partial charge in [-0.3, -0.25) is 14.4 Å². The van der Waals surface area contributed by atoms with Gasteiger partial charge >= 0.3 is 0 Å². The molecule has 0 saturated carbocycles. The molecule has 0 atom stereocenters. The maximum atomic E-state index is 12.4. The number of carbonyl (C=O) groups is 3. The summed E-state index contributed by atoms with van der Waals surface area (Å²) >= 11 is 0. The van der Waals surface area contributed by atoms with Gasteiger partial charge in [-0.15, -0.1) is 0 Å². The van der Waals surface area contributed by atoms with Crippen molar-refractivity contribution in [2.45, 2.75) is 65.3 Å². The number of hydrogen-bond donors (Lipinski definition) is 1. The molecule has 2 rings (SSSR count). The van der Waals surface area contributed by atoms with Gasteiger partial charge in [0.1, 0.15) is 0 Å². The van der Waals surface area contributed by atoms with Crippen molar-refractivity contribution in [3.63, 3.8) is 0 Å². The maximum Gasteiger partial charge on any atom is 0.223 e. The van der Waals surface area contributed by atoms with Crippen molar-refractivity contribution in [3.8, 4) is 0 Å². The highest BCUT2D eigenvalue weighted by atomic mass is 16.2. The first kappa shape index (κ1) is 21.1. The fourth-order valence-corrected chi connectivity index (χ4v) is 3.51. The van der Waals surface area contributed by atoms with Gasteiger partial charge in [0, 0.05) is 43.5 Å². The number of rotatable bonds is 8. The molecule has 148 valence electrons. The molecule has 1 fully saturated rings. The number of Topliss-reactive ketones (excluding diaryl/α,β-unsaturated/α-hetero) is 1. The third kappa shape index (κ3) is 6.19. The highest BCUT2D eigenvalue weighted by Crippen LogP contribution is 2.15. The lowest BCUT2D eigenvalue weighted by Gasteiger charge is -2.33. The Morgan fingerprint density at radius 1 is 1.04 bits per heavy atom. The monoisotopic (exact) mass is 372 g/mol. The van der Waals surface area contributed by atoms with Crippen LogP contribution in [0.4, 0.5) is 0 Å². The molecule has 1 saturated heterocycles. The van der Waals surface area contributed by atoms with E-state index in [1.807, 2.05) is 49.9 Å². The SMILES string of the molecule is CCC(CC)C(=O)NC1CCN(C(=O)CCC(=O)c2ccc(C)cc2)CC1. The fourth-order valence-electron chi connectivity index (χ4n) is 3.51. The lowest BCUT2D eigenvalue weighted by Crippen LogP contribution is -2.47. The summed E-state index contributed by atoms with van der Waals surface area (Å²) in [5.41, 5.74) is 1.78. The minimum Gasteiger partial charge on any atom is -0.353 e. The van der Waals surface area contributed by atoms with Crippen LogP contribution < -0.4 is 5.32 Å². The number of benzene rings is 1. The Kier molecular flexibility index (Phi) is 8.01. The summed E-state index contributed by atoms with van der Waals surface area (Å²) in [7, 11) is 0. The van der Waals surface area contributed by atoms with E-state index >= 15 is 0 Å². The van der Waals surface area contributed by atoms with Crippen molar-refractivity contribution in [1.29, 1.82) is 0 Å². The average Bonchev–Trinajstić information content (AvgIpc) is 2.68. The van der Waals surface area contributed by atoms with Crippen LogP contribution in [-0.4, -0.2) is 41.6 Å². The Morgan fingerprint density at radius 2 is 1.63 bits per heavy atom. The van der Waals surface area contributed by atoms with Gasteiger partial charge in [-0.2, -0.15) is 0 Å². The number of ketones is 1. The lowest BCUT2D eigenvalue weighted by atomic mass is 9.99. The lowest BCUT2D eigenvalue weighted by molar-refractivity contribution is -0.132. The summed E-state index contributed by atoms with van der Waals surface area (Å²) in [5, 5.41) is 3.13. The molecule has 0 bridgehead atoms. The minimum absolute atomic E-state index is 0.00988. The second-order valence-corrected chi connectivity index (χ2v) is 7.47. The van der Waals surface area contributed by atoms with Crippen LogP contribution in [0.3, 0.4) is 0 Å². The molecule has 1 heterocycles. The second-order valence-electron chi connectivity index (χ2n) is 7.47. The number of aryl methyl sites for hydroxylation is 1. The van der Waals surface area contributed by atoms with Crippen LogP contribution in [0, 0.1) is 12.8 Å². The summed E-state index contributed by atoms with van der Waals surface area (Å²) in [6.07, 6.45) is 3.77. The Balaban J connectivity index is 1.73. The molecule has 0 aliphatic carbocycles. The molecule has 1 aliphatic rings. The van der Waals surface area contributed by atoms with E-state index in [2.05, 4.69) is 5.32 Å². The Morgan fingerprint density at radius 3 is 2.19 bits per heavy atom. The van der Waals surface area contributed by atoms with Crippen LogP contribution >= 0.6 is 0 Å². The highest BCUT2D eigenvalue weighted by Gasteiger charge is 2.25. The molecule has 0 radical (unpaired) electrons. The zero-order valence-electron chi connectivity index (χ0n) is 16.8. The van der Waals surface area contributed by atoms with E-state index in [0.29, 0.717) is 18.7 Å². The van der Waals surface area contributed by atoms with Gasteiger partial charge in [0.15, 0.2) is 5.78 Å². The highest BCUT2D eigenvalue weighted by molar-refractivity contribution is 5.98. The molecule has 2 amide bonds. The van der Waals surface area contributed by atoms with Crippen molar-refractivity contribution >= 4 is 17.6 Å². The first-order valence-electron chi connectivity index (χ1n) is 10.1. The van der Waals surface area contributed by atoms with Gasteiger partial charge in [-0.25, -0.2) is 0 Å². The van der Waals surface area contributed by atoms with Crippen LogP contribution in [-0.2, 0) is 9.59 Å². The number of hydrogen-bond acceptors (Lipinski definition) is 3. The van der Waals surface area contributed by atoms with Crippen molar-refractivity contribution in [3.05, 3.63) is 35.4 Å². The van der Waals surface area contributed by atoms with Crippen LogP contribution in [0.2, 0.25) is 0 Å². The van der Waals surface area contributed by atoms with Crippen LogP contribution in [0.25, 0.3) is 0 Å². The molecule has 5 nitrogen and oxygen atoms in total. The minimum atomic E-state index is 0.00988. The van der Waals surface area contributed by atoms with E-state index < -0.39 is 0 Å². The molecule has 1 aromatic carbocycles. The molecule has 1 aromatic rings. The zero-order valence-corrected chi connectivity index (χ0v) is 16.8. The Labute approximate surface area is 162 Å². The molecule has 1 aliphatic heterocycles. The van der Waals surface area contributed by atoms with Gasteiger partial charge in [0.25, 0.3) is 0 Å². The molecule has 1 N–H and O–H groups in total. The van der Waals surface area contributed by atoms with Crippen molar-refractivity contribution in [1.82, 2.24) is 10.2 Å². The average molecular weight is 373 g/mol. The molecule has 0 aromatic heterocycles. The third-order valence-corrected chi connectivity index (χ3v) is 5.49. The topological polar surface area (TPSA) is 66.5 Å². The van der Waals surface area contributed by atoms with Crippen molar-refractivity contribution < 1.29 is 14.4 Å². The summed E-state index contributed by atoms with van der Waals surface area (Å²) in [4.78, 5) is 38.6. The summed E-state index contributed by atoms with van der Waals surface area (Å²) < 4.78 is 0. The van der Waals surface area contributed by atoms with E-state index in [1.54, 1.807) is 0 Å². The summed E-state index contributed by atoms with van der Waals surface area (Å²) in [5.74, 6) is 0.252. The quantitative estimate of drug-likeness (QED) is 0.710. The number of carbonyl (C=O) groups excluding carboxylic acids is 3. The van der Waals surface area contributed by atoms with Gasteiger partial charge in [-0.1, -0.05) is 43.7 Å². The normalized spacial score (nSPS) is 15.0. The van der Waals surface area contributed by atoms with Crippen molar-refractivity contribution in [2.24, 2.45) is 5.92 Å². The van der Waals surface area contributed by atoms with Crippen LogP contribution in [0.5, 0.6) is 0 Å². The van der Waals surface area contributed by atoms with E-state index in [1.165, 1.54) is 0 Å². The van der Waals surface area contributed by atoms with Crippen LogP contribution in [0.1, 0.15) is 68.3 Å². The number of likely N-dealkylation sites (tertiary alicyclic amines) is 1. The first-order chi connectivity index (χ1) is 12.9. The number of amides is 2. The zero-order chi connectivity index (χ0) is 19.8. The second kappa shape index (κ2) is 10.2. The maximum absolute atomic E-state index is 12.4. The van der Waals surface area contributed by atoms with Crippen LogP contribution in [0.15, 0.2) is 24.3 Å². The number of nitrogens with one attached hydrogen (secondary N) is 1. The van der Waals surface area contributed by atoms with Crippen molar-refractivity contribution in [2.75, 3.05) is 13.1 Å². The molecule has 5 heteroatoms. The largest absolute Gasteiger partial charge is 0.353 e. The first-order valence-corrected chi connectivity index (χ1v) is 10.1. The standard InChI is InChI=1S/C22H32N2O3/c1-4-17(5-2)22(27)23-19-12-14-24(15-13-19)21(26)11-10-20(25)18-8-6-16(3)7-9-18/h6-9,17,19H,4-5,10-15H2,1-3H3,(H,23,27). The predicted octanol–water partition coefficient (Wildman–Crippen LogP) is 3.50. The van der Waals surface area contributed by atoms with Gasteiger partial charge < -0.3 is 10.2 Å². The molecule has 0 spiro atoms. The van der Waals surface area contributed by atoms with Gasteiger partial charge in [0.05, 0.1) is 0 Å². The summed E-state index contributed by atoms with van der Waals surface area (Å²) in [6.45, 7) is 7.34. The predicted molar refractivity (Wildman–Crippen MR) is 107 cm³/mol. The molecular formula is C22H32N2O3. The Bertz CT molecular complexity index is 642. The van der Waals surface area contributed by atoms with Gasteiger partial charge in [0.2, 0.25) is 11.8 Å². The molecule has 0 unspecified atom stereocenters. The molecular weight excluding hydrogens is 340 g/mol. The Hall–Kier alpha value is -2.17. The third-order valence-electron chi connectivity index (χ3n) is 5.49.